The summed E-state index contributed by atoms with van der Waals surface area (Å²) in [7, 11) is 0. The van der Waals surface area contributed by atoms with E-state index in [0.717, 1.165) is 0 Å². The molecule has 23 heavy (non-hydrogen) atoms. The topological polar surface area (TPSA) is 61.4 Å². The fraction of sp³-hybridized carbons (Fsp3) is 0.533. The van der Waals surface area contributed by atoms with Crippen LogP contribution in [-0.4, -0.2) is 29.5 Å². The summed E-state index contributed by atoms with van der Waals surface area (Å²) in [6, 6.07) is 5.42. The maximum Gasteiger partial charge on any atom is 0.394 e. The third-order valence-corrected chi connectivity index (χ3v) is 4.98. The number of hydrogen-bond donors (Lipinski definition) is 3. The van der Waals surface area contributed by atoms with Gasteiger partial charge in [-0.3, -0.25) is 0 Å². The van der Waals surface area contributed by atoms with Crippen molar-refractivity contribution in [2.45, 2.75) is 37.0 Å². The maximum absolute atomic E-state index is 12.8. The van der Waals surface area contributed by atoms with E-state index in [4.69, 9.17) is 11.6 Å². The average Bonchev–Trinajstić information content (AvgIpc) is 2.37. The zero-order chi connectivity index (χ0) is 16.9. The monoisotopic (exact) mass is 348 g/mol. The van der Waals surface area contributed by atoms with Gasteiger partial charge in [0.2, 0.25) is 0 Å². The van der Waals surface area contributed by atoms with Gasteiger partial charge in [-0.05, 0) is 37.0 Å². The molecule has 0 saturated heterocycles. The van der Waals surface area contributed by atoms with Gasteiger partial charge in [-0.25, -0.2) is 4.79 Å². The minimum atomic E-state index is -4.21. The molecule has 3 saturated carbocycles. The van der Waals surface area contributed by atoms with Crippen molar-refractivity contribution in [3.05, 3.63) is 34.9 Å². The van der Waals surface area contributed by atoms with E-state index in [-0.39, 0.29) is 25.9 Å². The first-order valence-electron chi connectivity index (χ1n) is 7.20. The maximum atomic E-state index is 12.8. The van der Waals surface area contributed by atoms with Crippen molar-refractivity contribution in [1.82, 2.24) is 10.6 Å². The summed E-state index contributed by atoms with van der Waals surface area (Å²) in [6.45, 7) is -0.340. The van der Waals surface area contributed by atoms with E-state index in [9.17, 15) is 23.1 Å². The van der Waals surface area contributed by atoms with Gasteiger partial charge < -0.3 is 15.7 Å². The molecule has 4 rings (SSSR count). The van der Waals surface area contributed by atoms with E-state index < -0.39 is 29.2 Å². The molecule has 0 heterocycles. The number of aliphatic hydroxyl groups excluding tert-OH is 1. The van der Waals surface area contributed by atoms with Crippen LogP contribution in [0.4, 0.5) is 18.0 Å². The summed E-state index contributed by atoms with van der Waals surface area (Å²) in [4.78, 5) is 12.0. The van der Waals surface area contributed by atoms with E-state index in [2.05, 4.69) is 10.6 Å². The van der Waals surface area contributed by atoms with Crippen LogP contribution in [0.5, 0.6) is 0 Å². The standard InChI is InChI=1S/C15H16ClF3N2O2/c16-10-3-1-2-9(4-10)11(5-22)20-12(23)21-14-6-13(7-14,8-14)15(17,18)19/h1-4,11,22H,5-8H2,(H2,20,21,23)/t11-,13?,14?/m0/s1. The van der Waals surface area contributed by atoms with Crippen LogP contribution in [0.15, 0.2) is 24.3 Å². The second-order valence-corrected chi connectivity index (χ2v) is 6.91. The molecule has 1 aromatic rings. The van der Waals surface area contributed by atoms with E-state index >= 15 is 0 Å². The number of rotatable bonds is 4. The molecule has 3 aliphatic carbocycles. The highest BCUT2D eigenvalue weighted by molar-refractivity contribution is 6.30. The van der Waals surface area contributed by atoms with Crippen LogP contribution in [0.25, 0.3) is 0 Å². The van der Waals surface area contributed by atoms with Crippen LogP contribution in [-0.2, 0) is 0 Å². The van der Waals surface area contributed by atoms with E-state index in [1.165, 1.54) is 0 Å². The predicted molar refractivity (Wildman–Crippen MR) is 78.0 cm³/mol. The van der Waals surface area contributed by atoms with Crippen LogP contribution in [0.3, 0.4) is 0 Å². The molecule has 126 valence electrons. The molecule has 3 N–H and O–H groups in total. The first-order valence-corrected chi connectivity index (χ1v) is 7.58. The lowest BCUT2D eigenvalue weighted by atomic mass is 9.39. The van der Waals surface area contributed by atoms with Gasteiger partial charge in [-0.2, -0.15) is 13.2 Å². The highest BCUT2D eigenvalue weighted by atomic mass is 35.5. The van der Waals surface area contributed by atoms with Crippen molar-refractivity contribution in [3.63, 3.8) is 0 Å². The molecule has 0 aromatic heterocycles. The highest BCUT2D eigenvalue weighted by Crippen LogP contribution is 2.73. The van der Waals surface area contributed by atoms with Crippen molar-refractivity contribution < 1.29 is 23.1 Å². The number of amides is 2. The van der Waals surface area contributed by atoms with Crippen LogP contribution in [0.2, 0.25) is 5.02 Å². The van der Waals surface area contributed by atoms with Gasteiger partial charge in [0.05, 0.1) is 18.1 Å². The Kier molecular flexibility index (Phi) is 3.76. The number of carbonyl (C=O) groups is 1. The zero-order valence-electron chi connectivity index (χ0n) is 12.1. The highest BCUT2D eigenvalue weighted by Gasteiger charge is 2.79. The number of benzene rings is 1. The number of carbonyl (C=O) groups excluding carboxylic acids is 1. The van der Waals surface area contributed by atoms with Crippen LogP contribution in [0.1, 0.15) is 30.9 Å². The molecule has 2 bridgehead atoms. The number of urea groups is 1. The number of nitrogens with one attached hydrogen (secondary N) is 2. The number of hydrogen-bond acceptors (Lipinski definition) is 2. The Morgan fingerprint density at radius 3 is 2.52 bits per heavy atom. The molecule has 4 nitrogen and oxygen atoms in total. The first-order chi connectivity index (χ1) is 10.7. The Morgan fingerprint density at radius 2 is 2.00 bits per heavy atom. The van der Waals surface area contributed by atoms with Gasteiger partial charge in [0.25, 0.3) is 0 Å². The molecule has 1 aromatic carbocycles. The number of aliphatic hydroxyl groups is 1. The summed E-state index contributed by atoms with van der Waals surface area (Å²) in [5.41, 5.74) is -1.74. The minimum absolute atomic E-state index is 0.0716. The summed E-state index contributed by atoms with van der Waals surface area (Å²) in [6.07, 6.45) is -4.42. The number of halogens is 4. The van der Waals surface area contributed by atoms with Gasteiger partial charge >= 0.3 is 12.2 Å². The molecule has 3 aliphatic rings. The van der Waals surface area contributed by atoms with Crippen molar-refractivity contribution >= 4 is 17.6 Å². The van der Waals surface area contributed by atoms with Crippen molar-refractivity contribution in [2.75, 3.05) is 6.61 Å². The smallest absolute Gasteiger partial charge is 0.394 e. The fourth-order valence-corrected chi connectivity index (χ4v) is 3.81. The molecule has 0 aliphatic heterocycles. The molecular formula is C15H16ClF3N2O2. The Hall–Kier alpha value is -1.47. The van der Waals surface area contributed by atoms with Crippen molar-refractivity contribution in [3.8, 4) is 0 Å². The molecule has 2 amide bonds. The predicted octanol–water partition coefficient (Wildman–Crippen LogP) is 3.16. The molecular weight excluding hydrogens is 333 g/mol. The van der Waals surface area contributed by atoms with Gasteiger partial charge in [-0.15, -0.1) is 0 Å². The summed E-state index contributed by atoms with van der Waals surface area (Å²) < 4.78 is 38.3. The Bertz CT molecular complexity index is 616. The summed E-state index contributed by atoms with van der Waals surface area (Å²) >= 11 is 5.87. The number of alkyl halides is 3. The van der Waals surface area contributed by atoms with Crippen LogP contribution in [0, 0.1) is 5.41 Å². The average molecular weight is 349 g/mol. The van der Waals surface area contributed by atoms with E-state index in [0.29, 0.717) is 10.6 Å². The first kappa shape index (κ1) is 16.4. The minimum Gasteiger partial charge on any atom is -0.394 e. The SMILES string of the molecule is O=C(N[C@@H](CO)c1cccc(Cl)c1)NC12CC(C(F)(F)F)(C1)C2. The Balaban J connectivity index is 1.56. The Labute approximate surface area is 136 Å². The fourth-order valence-electron chi connectivity index (χ4n) is 3.61. The molecule has 3 fully saturated rings. The molecule has 0 unspecified atom stereocenters. The van der Waals surface area contributed by atoms with Crippen LogP contribution >= 0.6 is 11.6 Å². The van der Waals surface area contributed by atoms with Crippen molar-refractivity contribution in [2.24, 2.45) is 5.41 Å². The lowest BCUT2D eigenvalue weighted by Crippen LogP contribution is -2.79. The van der Waals surface area contributed by atoms with Gasteiger partial charge in [0, 0.05) is 10.6 Å². The van der Waals surface area contributed by atoms with Gasteiger partial charge in [0.15, 0.2) is 0 Å². The lowest BCUT2D eigenvalue weighted by molar-refractivity contribution is -0.336. The van der Waals surface area contributed by atoms with Crippen LogP contribution < -0.4 is 10.6 Å². The van der Waals surface area contributed by atoms with Gasteiger partial charge in [0.1, 0.15) is 0 Å². The quantitative estimate of drug-likeness (QED) is 0.782. The summed E-state index contributed by atoms with van der Waals surface area (Å²) in [5, 5.41) is 15.1. The Morgan fingerprint density at radius 1 is 1.35 bits per heavy atom. The second-order valence-electron chi connectivity index (χ2n) is 6.48. The van der Waals surface area contributed by atoms with Crippen molar-refractivity contribution in [1.29, 1.82) is 0 Å². The third kappa shape index (κ3) is 2.76. The second kappa shape index (κ2) is 5.27. The summed E-state index contributed by atoms with van der Waals surface area (Å²) in [5.74, 6) is 0. The van der Waals surface area contributed by atoms with E-state index in [1.54, 1.807) is 24.3 Å². The third-order valence-electron chi connectivity index (χ3n) is 4.75. The van der Waals surface area contributed by atoms with E-state index in [1.807, 2.05) is 0 Å². The lowest BCUT2D eigenvalue weighted by Gasteiger charge is -2.70. The molecule has 8 heteroatoms. The zero-order valence-corrected chi connectivity index (χ0v) is 12.8. The largest absolute Gasteiger partial charge is 0.394 e. The normalized spacial score (nSPS) is 30.0. The molecule has 0 radical (unpaired) electrons. The van der Waals surface area contributed by atoms with Gasteiger partial charge in [-0.1, -0.05) is 23.7 Å². The molecule has 0 spiro atoms. The molecule has 1 atom stereocenters.